The minimum Gasteiger partial charge on any atom is -0.299 e. The fourth-order valence-corrected chi connectivity index (χ4v) is 3.59. The van der Waals surface area contributed by atoms with Gasteiger partial charge in [0.05, 0.1) is 0 Å². The number of carbonyl (C=O) groups excluding carboxylic acids is 1. The molecular formula is C14H16ClFOS. The quantitative estimate of drug-likeness (QED) is 0.828. The highest BCUT2D eigenvalue weighted by Crippen LogP contribution is 2.26. The molecule has 0 unspecified atom stereocenters. The summed E-state index contributed by atoms with van der Waals surface area (Å²) in [7, 11) is 0. The van der Waals surface area contributed by atoms with Crippen LogP contribution in [0.4, 0.5) is 4.39 Å². The van der Waals surface area contributed by atoms with Crippen LogP contribution in [-0.2, 0) is 11.2 Å². The number of hydrogen-bond donors (Lipinski definition) is 0. The lowest BCUT2D eigenvalue weighted by Crippen LogP contribution is -2.16. The van der Waals surface area contributed by atoms with Crippen molar-refractivity contribution in [3.05, 3.63) is 34.6 Å². The normalized spacial score (nSPS) is 16.8. The van der Waals surface area contributed by atoms with E-state index in [1.807, 2.05) is 11.8 Å². The number of Topliss-reactive ketones (excluding diaryl/α,β-unsaturated/α-hetero) is 1. The van der Waals surface area contributed by atoms with Crippen molar-refractivity contribution in [2.24, 2.45) is 5.92 Å². The summed E-state index contributed by atoms with van der Waals surface area (Å²) in [4.78, 5) is 11.9. The van der Waals surface area contributed by atoms with Gasteiger partial charge in [-0.15, -0.1) is 0 Å². The molecule has 1 aromatic carbocycles. The van der Waals surface area contributed by atoms with E-state index >= 15 is 0 Å². The second-order valence-corrected chi connectivity index (χ2v) is 6.37. The van der Waals surface area contributed by atoms with Gasteiger partial charge in [-0.25, -0.2) is 4.39 Å². The first-order chi connectivity index (χ1) is 8.65. The number of benzene rings is 1. The van der Waals surface area contributed by atoms with Crippen LogP contribution >= 0.6 is 23.4 Å². The third-order valence-corrected chi connectivity index (χ3v) is 4.54. The van der Waals surface area contributed by atoms with Gasteiger partial charge in [0.1, 0.15) is 11.6 Å². The zero-order valence-electron chi connectivity index (χ0n) is 10.1. The second-order valence-electron chi connectivity index (χ2n) is 4.71. The SMILES string of the molecule is O=C(Cc1ccc(Cl)cc1F)CC1CCSCC1. The lowest BCUT2D eigenvalue weighted by atomic mass is 9.94. The summed E-state index contributed by atoms with van der Waals surface area (Å²) in [6.45, 7) is 0. The average molecular weight is 287 g/mol. The molecule has 0 bridgehead atoms. The number of carbonyl (C=O) groups is 1. The summed E-state index contributed by atoms with van der Waals surface area (Å²) in [6.07, 6.45) is 2.99. The molecule has 4 heteroatoms. The van der Waals surface area contributed by atoms with Crippen LogP contribution in [0.15, 0.2) is 18.2 Å². The Bertz CT molecular complexity index is 430. The molecule has 0 amide bonds. The standard InChI is InChI=1S/C14H16ClFOS/c15-12-2-1-11(14(16)9-12)8-13(17)7-10-3-5-18-6-4-10/h1-2,9-10H,3-8H2. The van der Waals surface area contributed by atoms with Crippen molar-refractivity contribution < 1.29 is 9.18 Å². The molecule has 1 aliphatic heterocycles. The highest BCUT2D eigenvalue weighted by molar-refractivity contribution is 7.99. The summed E-state index contributed by atoms with van der Waals surface area (Å²) in [5, 5.41) is 0.369. The van der Waals surface area contributed by atoms with Gasteiger partial charge in [0, 0.05) is 17.9 Å². The Kier molecular flexibility index (Phi) is 5.07. The Morgan fingerprint density at radius 3 is 2.78 bits per heavy atom. The highest BCUT2D eigenvalue weighted by atomic mass is 35.5. The maximum Gasteiger partial charge on any atom is 0.137 e. The molecule has 1 aliphatic rings. The summed E-state index contributed by atoms with van der Waals surface area (Å²) in [5.74, 6) is 2.54. The predicted octanol–water partition coefficient (Wildman–Crippen LogP) is 4.12. The maximum absolute atomic E-state index is 13.5. The largest absolute Gasteiger partial charge is 0.299 e. The molecule has 98 valence electrons. The fourth-order valence-electron chi connectivity index (χ4n) is 2.22. The number of thioether (sulfide) groups is 1. The first-order valence-corrected chi connectivity index (χ1v) is 7.72. The third kappa shape index (κ3) is 3.99. The molecule has 1 heterocycles. The van der Waals surface area contributed by atoms with Gasteiger partial charge in [-0.1, -0.05) is 17.7 Å². The van der Waals surface area contributed by atoms with Crippen LogP contribution in [0.1, 0.15) is 24.8 Å². The van der Waals surface area contributed by atoms with E-state index in [1.54, 1.807) is 12.1 Å². The minimum atomic E-state index is -0.380. The lowest BCUT2D eigenvalue weighted by Gasteiger charge is -2.20. The summed E-state index contributed by atoms with van der Waals surface area (Å²) >= 11 is 7.63. The van der Waals surface area contributed by atoms with Crippen molar-refractivity contribution in [2.75, 3.05) is 11.5 Å². The molecule has 0 atom stereocenters. The smallest absolute Gasteiger partial charge is 0.137 e. The summed E-state index contributed by atoms with van der Waals surface area (Å²) < 4.78 is 13.5. The number of rotatable bonds is 4. The lowest BCUT2D eigenvalue weighted by molar-refractivity contribution is -0.119. The van der Waals surface area contributed by atoms with Crippen molar-refractivity contribution in [3.63, 3.8) is 0 Å². The zero-order valence-corrected chi connectivity index (χ0v) is 11.7. The first-order valence-electron chi connectivity index (χ1n) is 6.18. The highest BCUT2D eigenvalue weighted by Gasteiger charge is 2.18. The van der Waals surface area contributed by atoms with Gasteiger partial charge in [0.15, 0.2) is 0 Å². The van der Waals surface area contributed by atoms with Crippen LogP contribution in [0.2, 0.25) is 5.02 Å². The van der Waals surface area contributed by atoms with Gasteiger partial charge in [-0.05, 0) is 48.0 Å². The molecule has 18 heavy (non-hydrogen) atoms. The zero-order chi connectivity index (χ0) is 13.0. The van der Waals surface area contributed by atoms with Gasteiger partial charge >= 0.3 is 0 Å². The van der Waals surface area contributed by atoms with E-state index in [2.05, 4.69) is 0 Å². The number of ketones is 1. The van der Waals surface area contributed by atoms with E-state index in [-0.39, 0.29) is 18.0 Å². The van der Waals surface area contributed by atoms with Crippen LogP contribution in [-0.4, -0.2) is 17.3 Å². The maximum atomic E-state index is 13.5. The van der Waals surface area contributed by atoms with Gasteiger partial charge in [0.2, 0.25) is 0 Å². The average Bonchev–Trinajstić information content (AvgIpc) is 2.34. The van der Waals surface area contributed by atoms with E-state index in [9.17, 15) is 9.18 Å². The molecule has 2 rings (SSSR count). The summed E-state index contributed by atoms with van der Waals surface area (Å²) in [5.41, 5.74) is 0.453. The van der Waals surface area contributed by atoms with Crippen LogP contribution in [0.3, 0.4) is 0 Å². The van der Waals surface area contributed by atoms with Crippen LogP contribution in [0.25, 0.3) is 0 Å². The Morgan fingerprint density at radius 1 is 1.39 bits per heavy atom. The minimum absolute atomic E-state index is 0.133. The Labute approximate surface area is 116 Å². The van der Waals surface area contributed by atoms with Crippen molar-refractivity contribution in [1.82, 2.24) is 0 Å². The Hall–Kier alpha value is -0.540. The van der Waals surface area contributed by atoms with Crippen molar-refractivity contribution in [2.45, 2.75) is 25.7 Å². The molecule has 1 aromatic rings. The number of halogens is 2. The Morgan fingerprint density at radius 2 is 2.11 bits per heavy atom. The summed E-state index contributed by atoms with van der Waals surface area (Å²) in [6, 6.07) is 4.50. The fraction of sp³-hybridized carbons (Fsp3) is 0.500. The van der Waals surface area contributed by atoms with E-state index in [0.29, 0.717) is 22.9 Å². The van der Waals surface area contributed by atoms with Gasteiger partial charge in [-0.2, -0.15) is 11.8 Å². The van der Waals surface area contributed by atoms with E-state index in [0.717, 1.165) is 24.3 Å². The van der Waals surface area contributed by atoms with Crippen LogP contribution in [0, 0.1) is 11.7 Å². The topological polar surface area (TPSA) is 17.1 Å². The first kappa shape index (κ1) is 13.9. The van der Waals surface area contributed by atoms with E-state index in [4.69, 9.17) is 11.6 Å². The molecule has 0 aliphatic carbocycles. The van der Waals surface area contributed by atoms with Crippen LogP contribution in [0.5, 0.6) is 0 Å². The predicted molar refractivity (Wildman–Crippen MR) is 74.8 cm³/mol. The van der Waals surface area contributed by atoms with Gasteiger partial charge in [0.25, 0.3) is 0 Å². The van der Waals surface area contributed by atoms with Gasteiger partial charge in [-0.3, -0.25) is 4.79 Å². The van der Waals surface area contributed by atoms with E-state index < -0.39 is 0 Å². The molecular weight excluding hydrogens is 271 g/mol. The van der Waals surface area contributed by atoms with Crippen LogP contribution < -0.4 is 0 Å². The third-order valence-electron chi connectivity index (χ3n) is 3.26. The second kappa shape index (κ2) is 6.58. The Balaban J connectivity index is 1.90. The molecule has 0 spiro atoms. The number of hydrogen-bond acceptors (Lipinski definition) is 2. The van der Waals surface area contributed by atoms with Gasteiger partial charge < -0.3 is 0 Å². The molecule has 1 nitrogen and oxygen atoms in total. The molecule has 0 saturated carbocycles. The van der Waals surface area contributed by atoms with E-state index in [1.165, 1.54) is 6.07 Å². The molecule has 1 fully saturated rings. The molecule has 0 aromatic heterocycles. The van der Waals surface area contributed by atoms with Crippen molar-refractivity contribution in [3.8, 4) is 0 Å². The molecule has 0 N–H and O–H groups in total. The van der Waals surface area contributed by atoms with Crippen molar-refractivity contribution >= 4 is 29.1 Å². The van der Waals surface area contributed by atoms with Crippen molar-refractivity contribution in [1.29, 1.82) is 0 Å². The molecule has 0 radical (unpaired) electrons. The molecule has 1 saturated heterocycles. The monoisotopic (exact) mass is 286 g/mol.